The fourth-order valence-corrected chi connectivity index (χ4v) is 5.57. The molecule has 3 N–H and O–H groups in total. The monoisotopic (exact) mass is 310 g/mol. The molecule has 0 heterocycles. The van der Waals surface area contributed by atoms with Crippen LogP contribution in [0.15, 0.2) is 0 Å². The standard InChI is InChI=1S/C16H22O6/c17-14(18)11-6-9-8-4-2-1-3-7(8)5-10(9)12(15(19)20)13(11)16(21)22/h7-13H,1-6H2,(H,17,18)(H,19,20)(H,21,22). The quantitative estimate of drug-likeness (QED) is 0.734. The summed E-state index contributed by atoms with van der Waals surface area (Å²) in [5.41, 5.74) is 0. The molecule has 0 radical (unpaired) electrons. The Morgan fingerprint density at radius 2 is 1.32 bits per heavy atom. The van der Waals surface area contributed by atoms with Crippen LogP contribution in [0.4, 0.5) is 0 Å². The van der Waals surface area contributed by atoms with Crippen molar-refractivity contribution in [1.82, 2.24) is 0 Å². The van der Waals surface area contributed by atoms with E-state index in [9.17, 15) is 29.7 Å². The van der Waals surface area contributed by atoms with Crippen LogP contribution >= 0.6 is 0 Å². The number of hydrogen-bond donors (Lipinski definition) is 3. The van der Waals surface area contributed by atoms with Crippen molar-refractivity contribution in [3.05, 3.63) is 0 Å². The molecule has 0 amide bonds. The van der Waals surface area contributed by atoms with E-state index in [4.69, 9.17) is 0 Å². The van der Waals surface area contributed by atoms with Crippen molar-refractivity contribution < 1.29 is 29.7 Å². The van der Waals surface area contributed by atoms with Gasteiger partial charge in [-0.3, -0.25) is 14.4 Å². The highest BCUT2D eigenvalue weighted by molar-refractivity contribution is 5.86. The Morgan fingerprint density at radius 3 is 1.91 bits per heavy atom. The molecule has 6 nitrogen and oxygen atoms in total. The van der Waals surface area contributed by atoms with E-state index in [0.29, 0.717) is 18.3 Å². The predicted octanol–water partition coefficient (Wildman–Crippen LogP) is 1.94. The van der Waals surface area contributed by atoms with E-state index in [-0.39, 0.29) is 11.8 Å². The molecule has 0 spiro atoms. The highest BCUT2D eigenvalue weighted by Gasteiger charge is 2.59. The third-order valence-corrected chi connectivity index (χ3v) is 6.34. The van der Waals surface area contributed by atoms with Gasteiger partial charge >= 0.3 is 17.9 Å². The van der Waals surface area contributed by atoms with E-state index in [2.05, 4.69) is 0 Å². The number of carbonyl (C=O) groups is 3. The Kier molecular flexibility index (Phi) is 3.87. The average Bonchev–Trinajstić information content (AvgIpc) is 2.82. The molecule has 22 heavy (non-hydrogen) atoms. The van der Waals surface area contributed by atoms with E-state index >= 15 is 0 Å². The maximum atomic E-state index is 11.7. The summed E-state index contributed by atoms with van der Waals surface area (Å²) in [4.78, 5) is 34.8. The van der Waals surface area contributed by atoms with Gasteiger partial charge in [-0.2, -0.15) is 0 Å². The second kappa shape index (κ2) is 5.56. The van der Waals surface area contributed by atoms with Crippen LogP contribution in [0, 0.1) is 41.4 Å². The minimum atomic E-state index is -1.31. The van der Waals surface area contributed by atoms with Gasteiger partial charge in [-0.05, 0) is 42.9 Å². The minimum absolute atomic E-state index is 0.0584. The highest BCUT2D eigenvalue weighted by atomic mass is 16.4. The third kappa shape index (κ3) is 2.29. The molecule has 0 aromatic rings. The van der Waals surface area contributed by atoms with Crippen molar-refractivity contribution >= 4 is 17.9 Å². The largest absolute Gasteiger partial charge is 0.481 e. The summed E-state index contributed by atoms with van der Waals surface area (Å²) in [6.45, 7) is 0. The molecular weight excluding hydrogens is 288 g/mol. The lowest BCUT2D eigenvalue weighted by molar-refractivity contribution is -0.170. The molecule has 3 fully saturated rings. The highest BCUT2D eigenvalue weighted by Crippen LogP contribution is 2.58. The maximum Gasteiger partial charge on any atom is 0.308 e. The predicted molar refractivity (Wildman–Crippen MR) is 75.0 cm³/mol. The number of fused-ring (bicyclic) bond motifs is 3. The smallest absolute Gasteiger partial charge is 0.308 e. The van der Waals surface area contributed by atoms with Crippen LogP contribution in [0.25, 0.3) is 0 Å². The molecule has 0 aromatic heterocycles. The number of rotatable bonds is 3. The number of carboxylic acid groups (broad SMARTS) is 3. The lowest BCUT2D eigenvalue weighted by atomic mass is 9.61. The SMILES string of the molecule is O=C(O)C1CC2C3CCCCC3CC2C(C(=O)O)C1C(=O)O. The average molecular weight is 310 g/mol. The molecule has 3 rings (SSSR count). The van der Waals surface area contributed by atoms with Crippen LogP contribution in [-0.4, -0.2) is 33.2 Å². The summed E-state index contributed by atoms with van der Waals surface area (Å²) in [5.74, 6) is -6.34. The Hall–Kier alpha value is -1.59. The van der Waals surface area contributed by atoms with Gasteiger partial charge in [0, 0.05) is 0 Å². The topological polar surface area (TPSA) is 112 Å². The van der Waals surface area contributed by atoms with Crippen LogP contribution in [-0.2, 0) is 14.4 Å². The second-order valence-corrected chi connectivity index (χ2v) is 7.18. The molecule has 6 heteroatoms. The van der Waals surface area contributed by atoms with E-state index in [1.54, 1.807) is 0 Å². The molecule has 7 unspecified atom stereocenters. The van der Waals surface area contributed by atoms with Crippen LogP contribution < -0.4 is 0 Å². The van der Waals surface area contributed by atoms with Gasteiger partial charge in [0.25, 0.3) is 0 Å². The zero-order valence-electron chi connectivity index (χ0n) is 12.4. The van der Waals surface area contributed by atoms with E-state index in [0.717, 1.165) is 32.1 Å². The maximum absolute atomic E-state index is 11.7. The van der Waals surface area contributed by atoms with Gasteiger partial charge in [0.2, 0.25) is 0 Å². The van der Waals surface area contributed by atoms with E-state index in [1.165, 1.54) is 0 Å². The van der Waals surface area contributed by atoms with Crippen LogP contribution in [0.3, 0.4) is 0 Å². The molecule has 122 valence electrons. The first kappa shape index (κ1) is 15.3. The summed E-state index contributed by atoms with van der Waals surface area (Å²) >= 11 is 0. The number of hydrogen-bond acceptors (Lipinski definition) is 3. The third-order valence-electron chi connectivity index (χ3n) is 6.34. The van der Waals surface area contributed by atoms with Gasteiger partial charge in [0.15, 0.2) is 0 Å². The Balaban J connectivity index is 1.97. The molecule has 3 saturated carbocycles. The van der Waals surface area contributed by atoms with Crippen molar-refractivity contribution in [1.29, 1.82) is 0 Å². The Morgan fingerprint density at radius 1 is 0.682 bits per heavy atom. The fourth-order valence-electron chi connectivity index (χ4n) is 5.57. The summed E-state index contributed by atoms with van der Waals surface area (Å²) in [5, 5.41) is 28.4. The van der Waals surface area contributed by atoms with Crippen molar-refractivity contribution in [2.45, 2.75) is 38.5 Å². The zero-order chi connectivity index (χ0) is 16.0. The van der Waals surface area contributed by atoms with Crippen molar-refractivity contribution in [2.24, 2.45) is 41.4 Å². The zero-order valence-corrected chi connectivity index (χ0v) is 12.4. The van der Waals surface area contributed by atoms with Gasteiger partial charge in [-0.25, -0.2) is 0 Å². The fraction of sp³-hybridized carbons (Fsp3) is 0.812. The molecular formula is C16H22O6. The van der Waals surface area contributed by atoms with Crippen molar-refractivity contribution in [3.63, 3.8) is 0 Å². The molecule has 3 aliphatic rings. The lowest BCUT2D eigenvalue weighted by Gasteiger charge is -2.41. The second-order valence-electron chi connectivity index (χ2n) is 7.18. The number of carboxylic acids is 3. The van der Waals surface area contributed by atoms with Crippen molar-refractivity contribution in [3.8, 4) is 0 Å². The van der Waals surface area contributed by atoms with E-state index in [1.807, 2.05) is 0 Å². The molecule has 0 saturated heterocycles. The van der Waals surface area contributed by atoms with Crippen molar-refractivity contribution in [2.75, 3.05) is 0 Å². The Labute approximate surface area is 128 Å². The first-order valence-electron chi connectivity index (χ1n) is 8.10. The molecule has 3 aliphatic carbocycles. The normalized spacial score (nSPS) is 43.9. The molecule has 7 atom stereocenters. The van der Waals surface area contributed by atoms with Gasteiger partial charge in [0.05, 0.1) is 17.8 Å². The summed E-state index contributed by atoms with van der Waals surface area (Å²) in [6.07, 6.45) is 5.43. The van der Waals surface area contributed by atoms with Gasteiger partial charge < -0.3 is 15.3 Å². The number of aliphatic carboxylic acids is 3. The van der Waals surface area contributed by atoms with Gasteiger partial charge in [-0.1, -0.05) is 19.3 Å². The van der Waals surface area contributed by atoms with Crippen LogP contribution in [0.2, 0.25) is 0 Å². The van der Waals surface area contributed by atoms with Gasteiger partial charge in [-0.15, -0.1) is 0 Å². The van der Waals surface area contributed by atoms with Crippen LogP contribution in [0.5, 0.6) is 0 Å². The van der Waals surface area contributed by atoms with Gasteiger partial charge in [0.1, 0.15) is 0 Å². The van der Waals surface area contributed by atoms with Crippen LogP contribution in [0.1, 0.15) is 38.5 Å². The van der Waals surface area contributed by atoms with E-state index < -0.39 is 35.7 Å². The summed E-state index contributed by atoms with van der Waals surface area (Å²) in [7, 11) is 0. The first-order valence-corrected chi connectivity index (χ1v) is 8.10. The molecule has 0 aromatic carbocycles. The minimum Gasteiger partial charge on any atom is -0.481 e. The Bertz CT molecular complexity index is 501. The molecule has 0 aliphatic heterocycles. The summed E-state index contributed by atoms with van der Waals surface area (Å²) in [6, 6.07) is 0. The first-order chi connectivity index (χ1) is 10.4. The summed E-state index contributed by atoms with van der Waals surface area (Å²) < 4.78 is 0. The molecule has 0 bridgehead atoms. The lowest BCUT2D eigenvalue weighted by Crippen LogP contribution is -2.49.